The summed E-state index contributed by atoms with van der Waals surface area (Å²) < 4.78 is 36.8. The van der Waals surface area contributed by atoms with Crippen LogP contribution in [0.5, 0.6) is 5.75 Å². The Balaban J connectivity index is 0.00000182. The summed E-state index contributed by atoms with van der Waals surface area (Å²) in [5, 5.41) is 10.4. The van der Waals surface area contributed by atoms with E-state index in [-0.39, 0.29) is 46.8 Å². The van der Waals surface area contributed by atoms with Crippen molar-refractivity contribution in [3.05, 3.63) is 41.0 Å². The average Bonchev–Trinajstić information content (AvgIpc) is 2.81. The van der Waals surface area contributed by atoms with Gasteiger partial charge in [0.1, 0.15) is 5.75 Å². The minimum Gasteiger partial charge on any atom is -0.716 e. The first kappa shape index (κ1) is 19.4. The smallest absolute Gasteiger partial charge is 0.716 e. The quantitative estimate of drug-likeness (QED) is 0.332. The maximum Gasteiger partial charge on any atom is 1.00 e. The van der Waals surface area contributed by atoms with Crippen LogP contribution in [0.2, 0.25) is 0 Å². The fourth-order valence-electron chi connectivity index (χ4n) is 5.09. The van der Waals surface area contributed by atoms with Crippen molar-refractivity contribution in [3.63, 3.8) is 0 Å². The van der Waals surface area contributed by atoms with Gasteiger partial charge in [-0.1, -0.05) is 24.6 Å². The molecule has 0 aromatic heterocycles. The summed E-state index contributed by atoms with van der Waals surface area (Å²) in [6, 6.07) is 5.12. The second-order valence-electron chi connectivity index (χ2n) is 7.50. The van der Waals surface area contributed by atoms with Crippen molar-refractivity contribution < 1.29 is 51.8 Å². The number of hydrogen-bond acceptors (Lipinski definition) is 5. The first-order chi connectivity index (χ1) is 11.3. The third-order valence-corrected chi connectivity index (χ3v) is 6.70. The molecule has 7 heteroatoms. The van der Waals surface area contributed by atoms with Gasteiger partial charge in [-0.2, -0.15) is 0 Å². The Morgan fingerprint density at radius 3 is 2.76 bits per heavy atom. The molecule has 2 saturated carbocycles. The third-order valence-electron chi connectivity index (χ3n) is 6.31. The Morgan fingerprint density at radius 1 is 1.28 bits per heavy atom. The molecular formula is C18H21NaO5S. The van der Waals surface area contributed by atoms with Crippen LogP contribution < -0.4 is 33.7 Å². The second kappa shape index (κ2) is 6.66. The third kappa shape index (κ3) is 3.33. The van der Waals surface area contributed by atoms with Crippen LogP contribution in [0, 0.1) is 11.3 Å². The SMILES string of the molecule is C[C@]12CC[C@H]3C(=CCc4cc(OS(=O)(=O)[O-])ccc43)[C@@H]1CC[C@@H]2O.[Na+]. The number of rotatable bonds is 2. The van der Waals surface area contributed by atoms with Crippen molar-refractivity contribution in [3.8, 4) is 5.75 Å². The molecule has 0 spiro atoms. The van der Waals surface area contributed by atoms with Gasteiger partial charge < -0.3 is 13.8 Å². The fourth-order valence-corrected chi connectivity index (χ4v) is 5.42. The maximum absolute atomic E-state index is 10.8. The van der Waals surface area contributed by atoms with E-state index in [1.54, 1.807) is 12.1 Å². The molecule has 130 valence electrons. The van der Waals surface area contributed by atoms with E-state index in [1.807, 2.05) is 6.07 Å². The second-order valence-corrected chi connectivity index (χ2v) is 8.49. The Hall–Kier alpha value is -0.370. The van der Waals surface area contributed by atoms with E-state index in [2.05, 4.69) is 17.2 Å². The Morgan fingerprint density at radius 2 is 2.04 bits per heavy atom. The number of aliphatic hydroxyl groups excluding tert-OH is 1. The molecule has 1 aromatic rings. The minimum atomic E-state index is -4.75. The summed E-state index contributed by atoms with van der Waals surface area (Å²) >= 11 is 0. The summed E-state index contributed by atoms with van der Waals surface area (Å²) in [7, 11) is -4.75. The summed E-state index contributed by atoms with van der Waals surface area (Å²) in [5.74, 6) is 0.838. The first-order valence-electron chi connectivity index (χ1n) is 8.44. The van der Waals surface area contributed by atoms with Crippen molar-refractivity contribution in [1.29, 1.82) is 0 Å². The van der Waals surface area contributed by atoms with Crippen molar-refractivity contribution >= 4 is 10.4 Å². The Kier molecular flexibility index (Phi) is 5.17. The summed E-state index contributed by atoms with van der Waals surface area (Å²) in [6.45, 7) is 2.21. The average molecular weight is 372 g/mol. The van der Waals surface area contributed by atoms with E-state index in [4.69, 9.17) is 0 Å². The van der Waals surface area contributed by atoms with E-state index in [9.17, 15) is 18.1 Å². The van der Waals surface area contributed by atoms with Crippen molar-refractivity contribution in [2.45, 2.75) is 51.0 Å². The summed E-state index contributed by atoms with van der Waals surface area (Å²) in [4.78, 5) is 0. The summed E-state index contributed by atoms with van der Waals surface area (Å²) in [5.41, 5.74) is 3.64. The van der Waals surface area contributed by atoms with E-state index in [1.165, 1.54) is 11.1 Å². The van der Waals surface area contributed by atoms with Crippen LogP contribution >= 0.6 is 0 Å². The molecule has 4 atom stereocenters. The monoisotopic (exact) mass is 372 g/mol. The molecule has 0 bridgehead atoms. The maximum atomic E-state index is 10.8. The molecule has 25 heavy (non-hydrogen) atoms. The standard InChI is InChI=1S/C18H22O5S.Na/c1-18-9-8-14-13-5-3-12(23-24(20,21)22)10-11(13)2-4-15(14)16(18)6-7-17(18)19;/h3-5,10,14,16-17,19H,2,6-9H2,1H3,(H,20,21,22);/q;+1/p-1/t14-,16+,17+,18+;/m1./s1. The molecule has 1 aromatic carbocycles. The topological polar surface area (TPSA) is 86.7 Å². The molecule has 3 aliphatic rings. The van der Waals surface area contributed by atoms with Gasteiger partial charge in [0.2, 0.25) is 0 Å². The molecule has 4 rings (SSSR count). The number of fused-ring (bicyclic) bond motifs is 5. The molecule has 0 aliphatic heterocycles. The number of hydrogen-bond donors (Lipinski definition) is 1. The van der Waals surface area contributed by atoms with E-state index >= 15 is 0 Å². The number of benzene rings is 1. The van der Waals surface area contributed by atoms with Gasteiger partial charge >= 0.3 is 29.6 Å². The molecule has 0 heterocycles. The van der Waals surface area contributed by atoms with Crippen LogP contribution in [-0.4, -0.2) is 24.2 Å². The molecule has 3 aliphatic carbocycles. The van der Waals surface area contributed by atoms with Crippen LogP contribution in [0.25, 0.3) is 0 Å². The fraction of sp³-hybridized carbons (Fsp3) is 0.556. The largest absolute Gasteiger partial charge is 1.00 e. The minimum absolute atomic E-state index is 0. The zero-order chi connectivity index (χ0) is 17.1. The van der Waals surface area contributed by atoms with Gasteiger partial charge in [0.15, 0.2) is 0 Å². The van der Waals surface area contributed by atoms with Crippen LogP contribution in [0.15, 0.2) is 29.8 Å². The van der Waals surface area contributed by atoms with Crippen molar-refractivity contribution in [1.82, 2.24) is 0 Å². The van der Waals surface area contributed by atoms with Gasteiger partial charge in [0.05, 0.1) is 6.10 Å². The van der Waals surface area contributed by atoms with E-state index in [0.717, 1.165) is 31.2 Å². The predicted octanol–water partition coefficient (Wildman–Crippen LogP) is -0.333. The zero-order valence-corrected chi connectivity index (χ0v) is 17.4. The normalized spacial score (nSPS) is 33.4. The molecule has 0 amide bonds. The molecular weight excluding hydrogens is 351 g/mol. The van der Waals surface area contributed by atoms with Gasteiger partial charge in [-0.25, -0.2) is 8.42 Å². The molecule has 1 N–H and O–H groups in total. The Bertz CT molecular complexity index is 819. The van der Waals surface area contributed by atoms with Crippen LogP contribution in [0.4, 0.5) is 0 Å². The molecule has 2 fully saturated rings. The van der Waals surface area contributed by atoms with Gasteiger partial charge in [-0.3, -0.25) is 0 Å². The molecule has 0 unspecified atom stereocenters. The predicted molar refractivity (Wildman–Crippen MR) is 87.4 cm³/mol. The van der Waals surface area contributed by atoms with Crippen LogP contribution in [0.3, 0.4) is 0 Å². The molecule has 0 radical (unpaired) electrons. The first-order valence-corrected chi connectivity index (χ1v) is 9.77. The van der Waals surface area contributed by atoms with Crippen LogP contribution in [0.1, 0.15) is 49.7 Å². The van der Waals surface area contributed by atoms with Crippen molar-refractivity contribution in [2.75, 3.05) is 0 Å². The van der Waals surface area contributed by atoms with E-state index < -0.39 is 10.4 Å². The van der Waals surface area contributed by atoms with E-state index in [0.29, 0.717) is 18.3 Å². The number of aliphatic hydroxyl groups is 1. The zero-order valence-electron chi connectivity index (χ0n) is 14.6. The molecule has 5 nitrogen and oxygen atoms in total. The number of allylic oxidation sites excluding steroid dienone is 2. The van der Waals surface area contributed by atoms with Crippen LogP contribution in [-0.2, 0) is 16.8 Å². The molecule has 0 saturated heterocycles. The Labute approximate surface area is 170 Å². The van der Waals surface area contributed by atoms with Gasteiger partial charge in [0, 0.05) is 11.3 Å². The van der Waals surface area contributed by atoms with Gasteiger partial charge in [-0.15, -0.1) is 0 Å². The summed E-state index contributed by atoms with van der Waals surface area (Å²) in [6.07, 6.45) is 6.61. The van der Waals surface area contributed by atoms with Gasteiger partial charge in [-0.05, 0) is 61.3 Å². The van der Waals surface area contributed by atoms with Gasteiger partial charge in [0.25, 0.3) is 10.4 Å². The van der Waals surface area contributed by atoms with Crippen molar-refractivity contribution in [2.24, 2.45) is 11.3 Å².